The van der Waals surface area contributed by atoms with Gasteiger partial charge in [0.25, 0.3) is 0 Å². The maximum absolute atomic E-state index is 2.21. The molecule has 0 nitrogen and oxygen atoms in total. The Morgan fingerprint density at radius 2 is 1.78 bits per heavy atom. The van der Waals surface area contributed by atoms with Gasteiger partial charge in [0.05, 0.1) is 0 Å². The van der Waals surface area contributed by atoms with Crippen molar-refractivity contribution in [3.05, 3.63) is 35.4 Å². The van der Waals surface area contributed by atoms with Crippen LogP contribution < -0.4 is 0 Å². The van der Waals surface area contributed by atoms with Crippen molar-refractivity contribution in [2.45, 2.75) is 11.9 Å². The van der Waals surface area contributed by atoms with Gasteiger partial charge in [0, 0.05) is 0 Å². The van der Waals surface area contributed by atoms with Crippen LogP contribution >= 0.6 is 0 Å². The third-order valence-corrected chi connectivity index (χ3v) is 2.62. The van der Waals surface area contributed by atoms with Gasteiger partial charge in [-0.2, -0.15) is 0 Å². The quantitative estimate of drug-likeness (QED) is 0.566. The molecule has 1 aromatic carbocycles. The second-order valence-electron chi connectivity index (χ2n) is 2.24. The van der Waals surface area contributed by atoms with Crippen molar-refractivity contribution in [3.63, 3.8) is 0 Å². The molecule has 0 atom stereocenters. The molecule has 0 heterocycles. The van der Waals surface area contributed by atoms with Crippen molar-refractivity contribution in [1.29, 1.82) is 0 Å². The predicted octanol–water partition coefficient (Wildman–Crippen LogP) is 2.04. The summed E-state index contributed by atoms with van der Waals surface area (Å²) >= 11 is 1.36. The normalized spacial score (nSPS) is 9.67. The molecule has 0 radical (unpaired) electrons. The van der Waals surface area contributed by atoms with Crippen LogP contribution in [0.4, 0.5) is 0 Å². The van der Waals surface area contributed by atoms with E-state index in [1.54, 1.807) is 0 Å². The molecule has 1 rings (SSSR count). The Morgan fingerprint density at radius 3 is 2.22 bits per heavy atom. The Bertz CT molecular complexity index is 176. The van der Waals surface area contributed by atoms with E-state index in [-0.39, 0.29) is 0 Å². The molecule has 0 bridgehead atoms. The molecule has 0 aliphatic rings. The van der Waals surface area contributed by atoms with Gasteiger partial charge < -0.3 is 0 Å². The number of benzene rings is 1. The van der Waals surface area contributed by atoms with Crippen molar-refractivity contribution in [2.75, 3.05) is 0 Å². The van der Waals surface area contributed by atoms with Crippen molar-refractivity contribution in [2.24, 2.45) is 0 Å². The first-order chi connectivity index (χ1) is 4.33. The zero-order valence-electron chi connectivity index (χ0n) is 5.72. The molecule has 0 N–H and O–H groups in total. The van der Waals surface area contributed by atoms with Crippen LogP contribution in [0.2, 0.25) is 0 Å². The molecule has 43 valence electrons. The molecule has 9 heavy (non-hydrogen) atoms. The monoisotopic (exact) mass is 169 g/mol. The third kappa shape index (κ3) is 1.91. The summed E-state index contributed by atoms with van der Waals surface area (Å²) in [6, 6.07) is 8.76. The van der Waals surface area contributed by atoms with E-state index in [0.717, 1.165) is 0 Å². The molecular weight excluding hydrogens is 161 g/mol. The Balaban J connectivity index is 2.88. The van der Waals surface area contributed by atoms with E-state index in [4.69, 9.17) is 0 Å². The van der Waals surface area contributed by atoms with Gasteiger partial charge in [-0.15, -0.1) is 0 Å². The van der Waals surface area contributed by atoms with Crippen LogP contribution in [0.5, 0.6) is 0 Å². The fourth-order valence-corrected chi connectivity index (χ4v) is 1.45. The molecular formula is C8H9Zn. The van der Waals surface area contributed by atoms with Crippen LogP contribution in [0.3, 0.4) is 0 Å². The second-order valence-corrected chi connectivity index (χ2v) is 3.28. The van der Waals surface area contributed by atoms with Gasteiger partial charge in [-0.1, -0.05) is 0 Å². The average Bonchev–Trinajstić information content (AvgIpc) is 1.90. The molecule has 0 aromatic heterocycles. The number of aryl methyl sites for hydroxylation is 1. The second kappa shape index (κ2) is 3.12. The Kier molecular flexibility index (Phi) is 2.41. The van der Waals surface area contributed by atoms with Crippen molar-refractivity contribution < 1.29 is 18.3 Å². The first-order valence-electron chi connectivity index (χ1n) is 3.17. The van der Waals surface area contributed by atoms with E-state index in [1.807, 2.05) is 0 Å². The molecule has 0 unspecified atom stereocenters. The van der Waals surface area contributed by atoms with Crippen LogP contribution in [0.15, 0.2) is 24.3 Å². The molecule has 1 aromatic rings. The topological polar surface area (TPSA) is 0 Å². The minimum atomic E-state index is 1.26. The fraction of sp³-hybridized carbons (Fsp3) is 0.250. The molecule has 0 saturated heterocycles. The predicted molar refractivity (Wildman–Crippen MR) is 34.9 cm³/mol. The Morgan fingerprint density at radius 1 is 1.22 bits per heavy atom. The molecule has 0 amide bonds. The molecule has 1 heteroatoms. The molecule has 0 spiro atoms. The Hall–Kier alpha value is -0.157. The summed E-state index contributed by atoms with van der Waals surface area (Å²) in [5.41, 5.74) is 2.83. The average molecular weight is 171 g/mol. The van der Waals surface area contributed by atoms with Gasteiger partial charge >= 0.3 is 65.6 Å². The molecule has 0 saturated carbocycles. The van der Waals surface area contributed by atoms with E-state index in [2.05, 4.69) is 31.2 Å². The minimum absolute atomic E-state index is 1.26. The third-order valence-electron chi connectivity index (χ3n) is 1.41. The van der Waals surface area contributed by atoms with Gasteiger partial charge in [-0.05, 0) is 0 Å². The van der Waals surface area contributed by atoms with Gasteiger partial charge in [0.15, 0.2) is 0 Å². The first kappa shape index (κ1) is 6.96. The Labute approximate surface area is 66.0 Å². The summed E-state index contributed by atoms with van der Waals surface area (Å²) < 4.78 is 0. The van der Waals surface area contributed by atoms with Crippen LogP contribution in [0.25, 0.3) is 0 Å². The van der Waals surface area contributed by atoms with E-state index in [9.17, 15) is 0 Å². The SMILES string of the molecule is Cc1ccc([CH2][Zn])cc1. The number of rotatable bonds is 1. The zero-order valence-corrected chi connectivity index (χ0v) is 8.69. The molecule has 0 fully saturated rings. The fourth-order valence-electron chi connectivity index (χ4n) is 0.755. The van der Waals surface area contributed by atoms with Crippen LogP contribution in [-0.2, 0) is 23.3 Å². The van der Waals surface area contributed by atoms with Crippen molar-refractivity contribution >= 4 is 0 Å². The summed E-state index contributed by atoms with van der Waals surface area (Å²) in [4.78, 5) is 0. The summed E-state index contributed by atoms with van der Waals surface area (Å²) in [6.45, 7) is 2.12. The van der Waals surface area contributed by atoms with Crippen LogP contribution in [-0.4, -0.2) is 0 Å². The molecule has 0 aliphatic heterocycles. The summed E-state index contributed by atoms with van der Waals surface area (Å²) in [5.74, 6) is 0. The van der Waals surface area contributed by atoms with E-state index in [1.165, 1.54) is 34.4 Å². The van der Waals surface area contributed by atoms with Crippen molar-refractivity contribution in [3.8, 4) is 0 Å². The van der Waals surface area contributed by atoms with E-state index < -0.39 is 0 Å². The van der Waals surface area contributed by atoms with Gasteiger partial charge in [0.1, 0.15) is 0 Å². The number of hydrogen-bond acceptors (Lipinski definition) is 0. The first-order valence-corrected chi connectivity index (χ1v) is 5.27. The summed E-state index contributed by atoms with van der Waals surface area (Å²) in [6.07, 6.45) is 0. The van der Waals surface area contributed by atoms with Crippen LogP contribution in [0.1, 0.15) is 11.1 Å². The summed E-state index contributed by atoms with van der Waals surface area (Å²) in [7, 11) is 0. The number of hydrogen-bond donors (Lipinski definition) is 0. The van der Waals surface area contributed by atoms with Gasteiger partial charge in [-0.25, -0.2) is 0 Å². The molecule has 0 aliphatic carbocycles. The van der Waals surface area contributed by atoms with Crippen molar-refractivity contribution in [1.82, 2.24) is 0 Å². The van der Waals surface area contributed by atoms with E-state index >= 15 is 0 Å². The van der Waals surface area contributed by atoms with Gasteiger partial charge in [-0.3, -0.25) is 0 Å². The standard InChI is InChI=1S/C8H9.Zn/c1-7-3-5-8(2)6-4-7;/h3-6H,1H2,2H3;. The van der Waals surface area contributed by atoms with E-state index in [0.29, 0.717) is 0 Å². The zero-order chi connectivity index (χ0) is 6.69. The van der Waals surface area contributed by atoms with Gasteiger partial charge in [0.2, 0.25) is 0 Å². The maximum atomic E-state index is 2.21. The summed E-state index contributed by atoms with van der Waals surface area (Å²) in [5, 5.41) is 1.26. The van der Waals surface area contributed by atoms with Crippen LogP contribution in [0, 0.1) is 6.92 Å².